The molecule has 1 aliphatic heterocycles. The van der Waals surface area contributed by atoms with Gasteiger partial charge >= 0.3 is 6.09 Å². The van der Waals surface area contributed by atoms with Crippen LogP contribution in [0, 0.1) is 0 Å². The molecule has 1 aromatic heterocycles. The second kappa shape index (κ2) is 8.67. The Morgan fingerprint density at radius 1 is 1.12 bits per heavy atom. The van der Waals surface area contributed by atoms with Crippen molar-refractivity contribution in [3.05, 3.63) is 65.5 Å². The molecule has 32 heavy (non-hydrogen) atoms. The number of fused-ring (bicyclic) bond motifs is 1. The highest BCUT2D eigenvalue weighted by atomic mass is 35.5. The number of amides is 2. The maximum Gasteiger partial charge on any atom is 0.414 e. The highest BCUT2D eigenvalue weighted by Crippen LogP contribution is 2.30. The zero-order valence-electron chi connectivity index (χ0n) is 18.3. The average molecular weight is 453 g/mol. The normalized spacial score (nSPS) is 13.9. The van der Waals surface area contributed by atoms with Crippen LogP contribution in [0.4, 0.5) is 10.5 Å². The maximum atomic E-state index is 12.9. The Hall–Kier alpha value is -3.32. The molecule has 0 aliphatic carbocycles. The molecule has 0 bridgehead atoms. The van der Waals surface area contributed by atoms with Gasteiger partial charge in [-0.3, -0.25) is 9.69 Å². The smallest absolute Gasteiger partial charge is 0.414 e. The van der Waals surface area contributed by atoms with E-state index in [0.717, 1.165) is 11.0 Å². The standard InChI is InChI=1S/C24H25ClN4O3/c1-24(2,3)32-23(31)28-14-6-9-20(28)22-27-18-7-4-5-8-19(18)29(22)15-21(30)26-17-12-10-16(25)11-13-17/h4-5,7-13H,6,14-15H2,1-3H3,(H,26,30). The summed E-state index contributed by atoms with van der Waals surface area (Å²) < 4.78 is 7.40. The summed E-state index contributed by atoms with van der Waals surface area (Å²) in [4.78, 5) is 32.0. The van der Waals surface area contributed by atoms with E-state index in [0.29, 0.717) is 35.2 Å². The van der Waals surface area contributed by atoms with Crippen LogP contribution >= 0.6 is 11.6 Å². The van der Waals surface area contributed by atoms with Gasteiger partial charge in [0.05, 0.1) is 16.7 Å². The Morgan fingerprint density at radius 2 is 1.84 bits per heavy atom. The van der Waals surface area contributed by atoms with Gasteiger partial charge in [0, 0.05) is 17.3 Å². The summed E-state index contributed by atoms with van der Waals surface area (Å²) in [6, 6.07) is 14.5. The van der Waals surface area contributed by atoms with Gasteiger partial charge in [-0.15, -0.1) is 0 Å². The first kappa shape index (κ1) is 21.9. The van der Waals surface area contributed by atoms with Crippen molar-refractivity contribution in [3.8, 4) is 0 Å². The molecule has 0 spiro atoms. The number of aromatic nitrogens is 2. The highest BCUT2D eigenvalue weighted by Gasteiger charge is 2.31. The Morgan fingerprint density at radius 3 is 2.56 bits per heavy atom. The van der Waals surface area contributed by atoms with Gasteiger partial charge in [0.2, 0.25) is 5.91 Å². The number of nitrogens with zero attached hydrogens (tertiary/aromatic N) is 3. The van der Waals surface area contributed by atoms with E-state index in [1.165, 1.54) is 0 Å². The van der Waals surface area contributed by atoms with Crippen molar-refractivity contribution in [2.24, 2.45) is 0 Å². The predicted octanol–water partition coefficient (Wildman–Crippen LogP) is 5.31. The van der Waals surface area contributed by atoms with Gasteiger partial charge in [-0.1, -0.05) is 29.8 Å². The first-order valence-corrected chi connectivity index (χ1v) is 10.8. The van der Waals surface area contributed by atoms with Gasteiger partial charge < -0.3 is 14.6 Å². The van der Waals surface area contributed by atoms with E-state index in [1.54, 1.807) is 29.2 Å². The van der Waals surface area contributed by atoms with Crippen molar-refractivity contribution in [2.75, 3.05) is 11.9 Å². The van der Waals surface area contributed by atoms with Gasteiger partial charge in [-0.2, -0.15) is 0 Å². The Bertz CT molecular complexity index is 1190. The summed E-state index contributed by atoms with van der Waals surface area (Å²) in [5.41, 5.74) is 2.25. The molecule has 7 nitrogen and oxygen atoms in total. The Kier molecular flexibility index (Phi) is 5.93. The number of carbonyl (C=O) groups excluding carboxylic acids is 2. The third kappa shape index (κ3) is 4.78. The number of para-hydroxylation sites is 2. The number of hydrogen-bond donors (Lipinski definition) is 1. The van der Waals surface area contributed by atoms with Crippen LogP contribution in [-0.4, -0.2) is 38.6 Å². The Balaban J connectivity index is 1.65. The van der Waals surface area contributed by atoms with Crippen LogP contribution in [0.1, 0.15) is 33.0 Å². The van der Waals surface area contributed by atoms with E-state index in [4.69, 9.17) is 21.3 Å². The molecule has 0 radical (unpaired) electrons. The quantitative estimate of drug-likeness (QED) is 0.582. The van der Waals surface area contributed by atoms with Crippen LogP contribution in [0.2, 0.25) is 5.02 Å². The predicted molar refractivity (Wildman–Crippen MR) is 125 cm³/mol. The summed E-state index contributed by atoms with van der Waals surface area (Å²) in [7, 11) is 0. The lowest BCUT2D eigenvalue weighted by molar-refractivity contribution is -0.116. The summed E-state index contributed by atoms with van der Waals surface area (Å²) in [6.45, 7) is 6.05. The van der Waals surface area contributed by atoms with E-state index in [-0.39, 0.29) is 12.5 Å². The number of ether oxygens (including phenoxy) is 1. The van der Waals surface area contributed by atoms with E-state index in [2.05, 4.69) is 5.32 Å². The Labute approximate surface area is 191 Å². The van der Waals surface area contributed by atoms with Crippen molar-refractivity contribution >= 4 is 46.0 Å². The molecule has 2 amide bonds. The van der Waals surface area contributed by atoms with Crippen molar-refractivity contribution < 1.29 is 14.3 Å². The van der Waals surface area contributed by atoms with Gasteiger partial charge in [0.15, 0.2) is 5.82 Å². The molecule has 0 unspecified atom stereocenters. The zero-order valence-corrected chi connectivity index (χ0v) is 19.0. The monoisotopic (exact) mass is 452 g/mol. The first-order valence-electron chi connectivity index (χ1n) is 10.4. The van der Waals surface area contributed by atoms with Crippen LogP contribution in [-0.2, 0) is 16.1 Å². The fourth-order valence-corrected chi connectivity index (χ4v) is 3.71. The van der Waals surface area contributed by atoms with Crippen molar-refractivity contribution in [3.63, 3.8) is 0 Å². The van der Waals surface area contributed by atoms with Crippen LogP contribution in [0.3, 0.4) is 0 Å². The number of carbonyl (C=O) groups is 2. The van der Waals surface area contributed by atoms with E-state index < -0.39 is 11.7 Å². The minimum atomic E-state index is -0.608. The number of rotatable bonds is 4. The molecule has 0 atom stereocenters. The molecule has 2 heterocycles. The lowest BCUT2D eigenvalue weighted by Crippen LogP contribution is -2.35. The molecule has 0 saturated carbocycles. The summed E-state index contributed by atoms with van der Waals surface area (Å²) in [5.74, 6) is 0.347. The number of halogens is 1. The summed E-state index contributed by atoms with van der Waals surface area (Å²) in [5, 5.41) is 3.48. The van der Waals surface area contributed by atoms with Crippen LogP contribution in [0.15, 0.2) is 54.6 Å². The topological polar surface area (TPSA) is 76.5 Å². The summed E-state index contributed by atoms with van der Waals surface area (Å²) >= 11 is 5.93. The molecule has 4 rings (SSSR count). The van der Waals surface area contributed by atoms with Crippen molar-refractivity contribution in [2.45, 2.75) is 39.3 Å². The lowest BCUT2D eigenvalue weighted by atomic mass is 10.2. The molecule has 0 saturated heterocycles. The number of imidazole rings is 1. The number of hydrogen-bond acceptors (Lipinski definition) is 4. The number of nitrogens with one attached hydrogen (secondary N) is 1. The molecular formula is C24H25ClN4O3. The number of anilines is 1. The lowest BCUT2D eigenvalue weighted by Gasteiger charge is -2.26. The highest BCUT2D eigenvalue weighted by molar-refractivity contribution is 6.30. The van der Waals surface area contributed by atoms with E-state index in [9.17, 15) is 9.59 Å². The van der Waals surface area contributed by atoms with E-state index in [1.807, 2.05) is 55.7 Å². The second-order valence-electron chi connectivity index (χ2n) is 8.58. The van der Waals surface area contributed by atoms with Crippen LogP contribution in [0.25, 0.3) is 16.7 Å². The van der Waals surface area contributed by atoms with Gasteiger partial charge in [-0.25, -0.2) is 9.78 Å². The fourth-order valence-electron chi connectivity index (χ4n) is 3.59. The molecule has 2 aromatic carbocycles. The minimum Gasteiger partial charge on any atom is -0.443 e. The molecule has 166 valence electrons. The van der Waals surface area contributed by atoms with Gasteiger partial charge in [0.1, 0.15) is 12.1 Å². The van der Waals surface area contributed by atoms with Gasteiger partial charge in [-0.05, 0) is 63.6 Å². The molecule has 0 fully saturated rings. The third-order valence-electron chi connectivity index (χ3n) is 4.91. The van der Waals surface area contributed by atoms with Crippen LogP contribution < -0.4 is 5.32 Å². The molecule has 3 aromatic rings. The van der Waals surface area contributed by atoms with Crippen molar-refractivity contribution in [1.82, 2.24) is 14.5 Å². The zero-order chi connectivity index (χ0) is 22.9. The maximum absolute atomic E-state index is 12.9. The second-order valence-corrected chi connectivity index (χ2v) is 9.01. The minimum absolute atomic E-state index is 0.0397. The molecule has 1 N–H and O–H groups in total. The van der Waals surface area contributed by atoms with Gasteiger partial charge in [0.25, 0.3) is 0 Å². The van der Waals surface area contributed by atoms with Crippen LogP contribution in [0.5, 0.6) is 0 Å². The van der Waals surface area contributed by atoms with E-state index >= 15 is 0 Å². The molecule has 1 aliphatic rings. The largest absolute Gasteiger partial charge is 0.443 e. The summed E-state index contributed by atoms with van der Waals surface area (Å²) in [6.07, 6.45) is 2.22. The van der Waals surface area contributed by atoms with Crippen molar-refractivity contribution in [1.29, 1.82) is 0 Å². The average Bonchev–Trinajstić information content (AvgIpc) is 3.34. The molecule has 8 heteroatoms. The fraction of sp³-hybridized carbons (Fsp3) is 0.292. The third-order valence-corrected chi connectivity index (χ3v) is 5.16. The molecular weight excluding hydrogens is 428 g/mol. The first-order chi connectivity index (χ1) is 15.2. The number of benzene rings is 2. The SMILES string of the molecule is CC(C)(C)OC(=O)N1CCC=C1c1nc2ccccc2n1CC(=O)Nc1ccc(Cl)cc1.